The van der Waals surface area contributed by atoms with Crippen molar-refractivity contribution in [2.45, 2.75) is 18.7 Å². The number of aryl methyl sites for hydroxylation is 1. The molecule has 0 saturated heterocycles. The van der Waals surface area contributed by atoms with Crippen molar-refractivity contribution < 1.29 is 13.2 Å². The third kappa shape index (κ3) is 4.37. The fourth-order valence-electron chi connectivity index (χ4n) is 2.90. The molecule has 7 nitrogen and oxygen atoms in total. The van der Waals surface area contributed by atoms with Crippen LogP contribution in [0.2, 0.25) is 5.02 Å². The zero-order valence-corrected chi connectivity index (χ0v) is 18.6. The van der Waals surface area contributed by atoms with E-state index in [1.807, 2.05) is 18.2 Å². The number of benzene rings is 1. The molecule has 0 aliphatic carbocycles. The maximum atomic E-state index is 12.7. The Hall–Kier alpha value is -2.20. The molecule has 3 aromatic rings. The highest BCUT2D eigenvalue weighted by atomic mass is 35.5. The van der Waals surface area contributed by atoms with Gasteiger partial charge in [0.25, 0.3) is 5.91 Å². The summed E-state index contributed by atoms with van der Waals surface area (Å²) in [7, 11) is -2.01. The van der Waals surface area contributed by atoms with Gasteiger partial charge in [0.2, 0.25) is 10.0 Å². The number of carbonyl (C=O) groups is 1. The molecule has 1 amide bonds. The average Bonchev–Trinajstić information content (AvgIpc) is 3.30. The fraction of sp³-hybridized carbons (Fsp3) is 0.263. The topological polar surface area (TPSA) is 84.3 Å². The van der Waals surface area contributed by atoms with E-state index in [0.29, 0.717) is 28.9 Å². The van der Waals surface area contributed by atoms with Crippen LogP contribution < -0.4 is 5.32 Å². The molecule has 2 aromatic heterocycles. The number of anilines is 1. The van der Waals surface area contributed by atoms with Crippen molar-refractivity contribution in [3.63, 3.8) is 0 Å². The van der Waals surface area contributed by atoms with Crippen LogP contribution in [0.4, 0.5) is 5.13 Å². The molecule has 0 unspecified atom stereocenters. The van der Waals surface area contributed by atoms with Crippen molar-refractivity contribution in [1.29, 1.82) is 0 Å². The van der Waals surface area contributed by atoms with Crippen LogP contribution in [0, 0.1) is 0 Å². The lowest BCUT2D eigenvalue weighted by Gasteiger charge is -2.17. The minimum absolute atomic E-state index is 0.0877. The maximum absolute atomic E-state index is 12.7. The number of halogens is 1. The molecule has 0 fully saturated rings. The van der Waals surface area contributed by atoms with Crippen molar-refractivity contribution in [3.8, 4) is 11.3 Å². The zero-order valence-electron chi connectivity index (χ0n) is 16.2. The molecule has 0 atom stereocenters. The fourth-order valence-corrected chi connectivity index (χ4v) is 5.37. The highest BCUT2D eigenvalue weighted by Gasteiger charge is 2.25. The lowest BCUT2D eigenvalue weighted by Crippen LogP contribution is -2.30. The number of hydrogen-bond acceptors (Lipinski definition) is 5. The van der Waals surface area contributed by atoms with Crippen LogP contribution in [0.3, 0.4) is 0 Å². The summed E-state index contributed by atoms with van der Waals surface area (Å²) in [5.74, 6) is -0.437. The number of nitrogens with one attached hydrogen (secondary N) is 1. The van der Waals surface area contributed by atoms with Gasteiger partial charge in [-0.05, 0) is 12.1 Å². The van der Waals surface area contributed by atoms with E-state index < -0.39 is 15.9 Å². The molecule has 29 heavy (non-hydrogen) atoms. The van der Waals surface area contributed by atoms with Gasteiger partial charge < -0.3 is 4.57 Å². The molecule has 0 bridgehead atoms. The van der Waals surface area contributed by atoms with E-state index in [9.17, 15) is 13.2 Å². The first-order valence-corrected chi connectivity index (χ1v) is 11.7. The molecule has 2 heterocycles. The van der Waals surface area contributed by atoms with E-state index in [2.05, 4.69) is 10.3 Å². The van der Waals surface area contributed by atoms with E-state index in [0.717, 1.165) is 5.56 Å². The lowest BCUT2D eigenvalue weighted by molar-refractivity contribution is 0.101. The van der Waals surface area contributed by atoms with Crippen LogP contribution in [-0.2, 0) is 17.1 Å². The van der Waals surface area contributed by atoms with Gasteiger partial charge in [-0.1, -0.05) is 43.6 Å². The molecule has 0 saturated carbocycles. The summed E-state index contributed by atoms with van der Waals surface area (Å²) in [6, 6.07) is 8.70. The summed E-state index contributed by atoms with van der Waals surface area (Å²) in [6.07, 6.45) is 1.44. The minimum Gasteiger partial charge on any atom is -0.345 e. The Bertz CT molecular complexity index is 1130. The molecule has 1 N–H and O–H groups in total. The molecule has 0 aliphatic heterocycles. The molecular weight excluding hydrogens is 432 g/mol. The summed E-state index contributed by atoms with van der Waals surface area (Å²) in [5, 5.41) is 5.51. The van der Waals surface area contributed by atoms with Gasteiger partial charge in [-0.25, -0.2) is 13.4 Å². The number of carbonyl (C=O) groups excluding carboxylic acids is 1. The second-order valence-corrected chi connectivity index (χ2v) is 9.44. The monoisotopic (exact) mass is 452 g/mol. The van der Waals surface area contributed by atoms with Gasteiger partial charge in [0.05, 0.1) is 5.69 Å². The number of amides is 1. The zero-order chi connectivity index (χ0) is 21.2. The van der Waals surface area contributed by atoms with Crippen LogP contribution in [0.15, 0.2) is 46.8 Å². The van der Waals surface area contributed by atoms with Crippen LogP contribution in [0.1, 0.15) is 24.3 Å². The molecule has 0 radical (unpaired) electrons. The minimum atomic E-state index is -3.64. The third-order valence-electron chi connectivity index (χ3n) is 4.43. The Morgan fingerprint density at radius 2 is 1.97 bits per heavy atom. The second kappa shape index (κ2) is 8.66. The predicted molar refractivity (Wildman–Crippen MR) is 116 cm³/mol. The van der Waals surface area contributed by atoms with Crippen molar-refractivity contribution in [3.05, 3.63) is 52.6 Å². The molecule has 0 aliphatic rings. The number of hydrogen-bond donors (Lipinski definition) is 1. The largest absolute Gasteiger partial charge is 0.345 e. The van der Waals surface area contributed by atoms with E-state index >= 15 is 0 Å². The number of rotatable bonds is 7. The van der Waals surface area contributed by atoms with E-state index in [1.54, 1.807) is 32.3 Å². The van der Waals surface area contributed by atoms with E-state index in [-0.39, 0.29) is 10.6 Å². The van der Waals surface area contributed by atoms with Crippen LogP contribution >= 0.6 is 22.9 Å². The molecule has 154 valence electrons. The Kier molecular flexibility index (Phi) is 6.42. The van der Waals surface area contributed by atoms with Gasteiger partial charge in [-0.15, -0.1) is 11.3 Å². The quantitative estimate of drug-likeness (QED) is 0.585. The number of thiazole rings is 1. The standard InChI is InChI=1S/C19H21ClN4O3S2/c1-4-24(5-2)29(26,27)13-10-17(23(3)11-13)18(25)22-19-21-16(12-28-19)14-8-6-7-9-15(14)20/h6-12H,4-5H2,1-3H3,(H,21,22,25). The molecule has 10 heteroatoms. The third-order valence-corrected chi connectivity index (χ3v) is 7.53. The molecule has 0 spiro atoms. The van der Waals surface area contributed by atoms with Crippen molar-refractivity contribution in [2.75, 3.05) is 18.4 Å². The summed E-state index contributed by atoms with van der Waals surface area (Å²) in [6.45, 7) is 4.27. The van der Waals surface area contributed by atoms with Gasteiger partial charge in [-0.3, -0.25) is 10.1 Å². The van der Waals surface area contributed by atoms with Gasteiger partial charge >= 0.3 is 0 Å². The smallest absolute Gasteiger partial charge is 0.274 e. The van der Waals surface area contributed by atoms with E-state index in [4.69, 9.17) is 11.6 Å². The van der Waals surface area contributed by atoms with Crippen LogP contribution in [0.25, 0.3) is 11.3 Å². The second-order valence-electron chi connectivity index (χ2n) is 6.23. The Labute approximate surface area is 179 Å². The summed E-state index contributed by atoms with van der Waals surface area (Å²) in [4.78, 5) is 17.2. The van der Waals surface area contributed by atoms with Gasteiger partial charge in [0, 0.05) is 42.3 Å². The maximum Gasteiger partial charge on any atom is 0.274 e. The SMILES string of the molecule is CCN(CC)S(=O)(=O)c1cc(C(=O)Nc2nc(-c3ccccc3Cl)cs2)n(C)c1. The van der Waals surface area contributed by atoms with Crippen molar-refractivity contribution in [1.82, 2.24) is 13.9 Å². The summed E-state index contributed by atoms with van der Waals surface area (Å²) < 4.78 is 28.2. The molecular formula is C19H21ClN4O3S2. The average molecular weight is 453 g/mol. The first-order chi connectivity index (χ1) is 13.8. The molecule has 3 rings (SSSR count). The summed E-state index contributed by atoms with van der Waals surface area (Å²) >= 11 is 7.47. The van der Waals surface area contributed by atoms with E-state index in [1.165, 1.54) is 32.5 Å². The van der Waals surface area contributed by atoms with Crippen LogP contribution in [0.5, 0.6) is 0 Å². The van der Waals surface area contributed by atoms with Gasteiger partial charge in [0.1, 0.15) is 10.6 Å². The normalized spacial score (nSPS) is 11.8. The first-order valence-electron chi connectivity index (χ1n) is 8.96. The first kappa shape index (κ1) is 21.5. The lowest BCUT2D eigenvalue weighted by atomic mass is 10.2. The Morgan fingerprint density at radius 3 is 2.62 bits per heavy atom. The Morgan fingerprint density at radius 1 is 1.28 bits per heavy atom. The summed E-state index contributed by atoms with van der Waals surface area (Å²) in [5.41, 5.74) is 1.66. The number of sulfonamides is 1. The number of nitrogens with zero attached hydrogens (tertiary/aromatic N) is 3. The van der Waals surface area contributed by atoms with Gasteiger partial charge in [0.15, 0.2) is 5.13 Å². The van der Waals surface area contributed by atoms with Crippen LogP contribution in [-0.4, -0.2) is 41.3 Å². The number of aromatic nitrogens is 2. The molecule has 1 aromatic carbocycles. The van der Waals surface area contributed by atoms with Gasteiger partial charge in [-0.2, -0.15) is 4.31 Å². The Balaban J connectivity index is 1.82. The van der Waals surface area contributed by atoms with Crippen molar-refractivity contribution in [2.24, 2.45) is 7.05 Å². The highest BCUT2D eigenvalue weighted by Crippen LogP contribution is 2.30. The van der Waals surface area contributed by atoms with Crippen molar-refractivity contribution >= 4 is 44.0 Å². The predicted octanol–water partition coefficient (Wildman–Crippen LogP) is 4.08. The highest BCUT2D eigenvalue weighted by molar-refractivity contribution is 7.89.